The monoisotopic (exact) mass is 272 g/mol. The van der Waals surface area contributed by atoms with Crippen molar-refractivity contribution in [2.45, 2.75) is 51.9 Å². The maximum atomic E-state index is 13.3. The van der Waals surface area contributed by atoms with Crippen LogP contribution < -0.4 is 0 Å². The number of carbonyl (C=O) groups is 1. The Bertz CT molecular complexity index is 430. The SMILES string of the molecule is CCCCCCCCC(=O)c1cc(F)c(F)cc1F. The molecule has 4 heteroatoms. The van der Waals surface area contributed by atoms with E-state index in [1.165, 1.54) is 6.42 Å². The van der Waals surface area contributed by atoms with Crippen molar-refractivity contribution in [2.75, 3.05) is 0 Å². The predicted molar refractivity (Wildman–Crippen MR) is 68.6 cm³/mol. The number of rotatable bonds is 8. The molecule has 0 radical (unpaired) electrons. The molecule has 1 aromatic rings. The summed E-state index contributed by atoms with van der Waals surface area (Å²) in [7, 11) is 0. The summed E-state index contributed by atoms with van der Waals surface area (Å²) in [5, 5.41) is 0. The largest absolute Gasteiger partial charge is 0.294 e. The molecule has 0 aliphatic rings. The van der Waals surface area contributed by atoms with Crippen LogP contribution in [0.4, 0.5) is 13.2 Å². The van der Waals surface area contributed by atoms with Crippen molar-refractivity contribution in [1.82, 2.24) is 0 Å². The minimum atomic E-state index is -1.27. The van der Waals surface area contributed by atoms with E-state index in [4.69, 9.17) is 0 Å². The molecule has 1 rings (SSSR count). The molecule has 1 nitrogen and oxygen atoms in total. The summed E-state index contributed by atoms with van der Waals surface area (Å²) < 4.78 is 39.0. The molecule has 0 amide bonds. The van der Waals surface area contributed by atoms with Gasteiger partial charge in [-0.3, -0.25) is 4.79 Å². The highest BCUT2D eigenvalue weighted by Gasteiger charge is 2.15. The Kier molecular flexibility index (Phi) is 6.60. The predicted octanol–water partition coefficient (Wildman–Crippen LogP) is 5.04. The van der Waals surface area contributed by atoms with Crippen LogP contribution in [0.15, 0.2) is 12.1 Å². The Morgan fingerprint density at radius 1 is 0.895 bits per heavy atom. The topological polar surface area (TPSA) is 17.1 Å². The molecule has 106 valence electrons. The van der Waals surface area contributed by atoms with E-state index < -0.39 is 23.2 Å². The van der Waals surface area contributed by atoms with Gasteiger partial charge in [-0.25, -0.2) is 13.2 Å². The second kappa shape index (κ2) is 7.97. The van der Waals surface area contributed by atoms with Gasteiger partial charge in [-0.05, 0) is 12.5 Å². The van der Waals surface area contributed by atoms with Crippen molar-refractivity contribution < 1.29 is 18.0 Å². The average molecular weight is 272 g/mol. The van der Waals surface area contributed by atoms with Gasteiger partial charge in [-0.1, -0.05) is 39.0 Å². The number of benzene rings is 1. The van der Waals surface area contributed by atoms with Gasteiger partial charge >= 0.3 is 0 Å². The third-order valence-corrected chi connectivity index (χ3v) is 3.07. The molecular weight excluding hydrogens is 253 g/mol. The Morgan fingerprint density at radius 3 is 2.16 bits per heavy atom. The summed E-state index contributed by atoms with van der Waals surface area (Å²) in [5.41, 5.74) is -0.354. The molecule has 19 heavy (non-hydrogen) atoms. The third kappa shape index (κ3) is 5.05. The summed E-state index contributed by atoms with van der Waals surface area (Å²) in [6.45, 7) is 2.12. The van der Waals surface area contributed by atoms with Crippen molar-refractivity contribution in [3.63, 3.8) is 0 Å². The molecule has 0 saturated carbocycles. The normalized spacial score (nSPS) is 10.7. The van der Waals surface area contributed by atoms with Gasteiger partial charge in [0.1, 0.15) is 5.82 Å². The van der Waals surface area contributed by atoms with E-state index in [0.29, 0.717) is 18.6 Å². The first kappa shape index (κ1) is 15.7. The molecule has 0 aromatic heterocycles. The number of unbranched alkanes of at least 4 members (excludes halogenated alkanes) is 5. The van der Waals surface area contributed by atoms with Gasteiger partial charge in [0.2, 0.25) is 0 Å². The van der Waals surface area contributed by atoms with Crippen LogP contribution in [0.5, 0.6) is 0 Å². The molecule has 0 bridgehead atoms. The van der Waals surface area contributed by atoms with Gasteiger partial charge in [-0.15, -0.1) is 0 Å². The van der Waals surface area contributed by atoms with Crippen LogP contribution in [0, 0.1) is 17.5 Å². The number of ketones is 1. The molecule has 0 spiro atoms. The van der Waals surface area contributed by atoms with Crippen molar-refractivity contribution in [3.05, 3.63) is 35.1 Å². The fourth-order valence-corrected chi connectivity index (χ4v) is 1.94. The maximum Gasteiger partial charge on any atom is 0.165 e. The molecule has 0 fully saturated rings. The lowest BCUT2D eigenvalue weighted by Gasteiger charge is -2.04. The molecule has 0 saturated heterocycles. The molecule has 1 aromatic carbocycles. The second-order valence-electron chi connectivity index (χ2n) is 4.69. The van der Waals surface area contributed by atoms with Crippen LogP contribution in [0.2, 0.25) is 0 Å². The zero-order valence-electron chi connectivity index (χ0n) is 11.1. The van der Waals surface area contributed by atoms with E-state index in [9.17, 15) is 18.0 Å². The first-order chi connectivity index (χ1) is 9.06. The van der Waals surface area contributed by atoms with Crippen LogP contribution >= 0.6 is 0 Å². The highest BCUT2D eigenvalue weighted by molar-refractivity contribution is 5.96. The van der Waals surface area contributed by atoms with E-state index in [1.807, 2.05) is 0 Å². The molecule has 0 unspecified atom stereocenters. The summed E-state index contributed by atoms with van der Waals surface area (Å²) in [5.74, 6) is -3.91. The van der Waals surface area contributed by atoms with Gasteiger partial charge in [0, 0.05) is 12.5 Å². The molecule has 0 atom stereocenters. The summed E-state index contributed by atoms with van der Waals surface area (Å²) in [6.07, 6.45) is 6.22. The Balaban J connectivity index is 2.43. The quantitative estimate of drug-likeness (QED) is 0.368. The van der Waals surface area contributed by atoms with Crippen molar-refractivity contribution in [3.8, 4) is 0 Å². The smallest absolute Gasteiger partial charge is 0.165 e. The first-order valence-electron chi connectivity index (χ1n) is 6.74. The van der Waals surface area contributed by atoms with Crippen molar-refractivity contribution >= 4 is 5.78 Å². The standard InChI is InChI=1S/C15H19F3O/c1-2-3-4-5-6-7-8-15(19)11-9-13(17)14(18)10-12(11)16/h9-10H,2-8H2,1H3. The van der Waals surface area contributed by atoms with Gasteiger partial charge in [0.15, 0.2) is 17.4 Å². The van der Waals surface area contributed by atoms with Gasteiger partial charge in [0.25, 0.3) is 0 Å². The zero-order chi connectivity index (χ0) is 14.3. The highest BCUT2D eigenvalue weighted by atomic mass is 19.2. The van der Waals surface area contributed by atoms with Crippen LogP contribution in [0.1, 0.15) is 62.2 Å². The highest BCUT2D eigenvalue weighted by Crippen LogP contribution is 2.17. The molecule has 0 aliphatic carbocycles. The lowest BCUT2D eigenvalue weighted by molar-refractivity contribution is 0.0974. The zero-order valence-corrected chi connectivity index (χ0v) is 11.1. The van der Waals surface area contributed by atoms with E-state index in [1.54, 1.807) is 0 Å². The second-order valence-corrected chi connectivity index (χ2v) is 4.69. The molecule has 0 heterocycles. The number of halogens is 3. The molecule has 0 N–H and O–H groups in total. The maximum absolute atomic E-state index is 13.3. The van der Waals surface area contributed by atoms with Crippen LogP contribution in [-0.2, 0) is 0 Å². The van der Waals surface area contributed by atoms with Crippen molar-refractivity contribution in [1.29, 1.82) is 0 Å². The van der Waals surface area contributed by atoms with Crippen LogP contribution in [0.3, 0.4) is 0 Å². The minimum Gasteiger partial charge on any atom is -0.294 e. The Morgan fingerprint density at radius 2 is 1.47 bits per heavy atom. The number of carbonyl (C=O) groups excluding carboxylic acids is 1. The van der Waals surface area contributed by atoms with E-state index in [2.05, 4.69) is 6.92 Å². The van der Waals surface area contributed by atoms with Gasteiger partial charge < -0.3 is 0 Å². The summed E-state index contributed by atoms with van der Waals surface area (Å²) in [6, 6.07) is 1.06. The molecule has 0 aliphatic heterocycles. The summed E-state index contributed by atoms with van der Waals surface area (Å²) in [4.78, 5) is 11.7. The van der Waals surface area contributed by atoms with E-state index in [-0.39, 0.29) is 12.0 Å². The summed E-state index contributed by atoms with van der Waals surface area (Å²) >= 11 is 0. The minimum absolute atomic E-state index is 0.175. The fraction of sp³-hybridized carbons (Fsp3) is 0.533. The molecular formula is C15H19F3O. The van der Waals surface area contributed by atoms with Gasteiger partial charge in [-0.2, -0.15) is 0 Å². The van der Waals surface area contributed by atoms with Crippen molar-refractivity contribution in [2.24, 2.45) is 0 Å². The number of Topliss-reactive ketones (excluding diaryl/α,β-unsaturated/α-hetero) is 1. The lowest BCUT2D eigenvalue weighted by atomic mass is 10.0. The average Bonchev–Trinajstić information content (AvgIpc) is 2.37. The first-order valence-corrected chi connectivity index (χ1v) is 6.74. The van der Waals surface area contributed by atoms with E-state index >= 15 is 0 Å². The van der Waals surface area contributed by atoms with Crippen LogP contribution in [-0.4, -0.2) is 5.78 Å². The number of hydrogen-bond donors (Lipinski definition) is 0. The van der Waals surface area contributed by atoms with Gasteiger partial charge in [0.05, 0.1) is 5.56 Å². The Hall–Kier alpha value is -1.32. The number of hydrogen-bond acceptors (Lipinski definition) is 1. The van der Waals surface area contributed by atoms with E-state index in [0.717, 1.165) is 25.7 Å². The van der Waals surface area contributed by atoms with Crippen LogP contribution in [0.25, 0.3) is 0 Å². The third-order valence-electron chi connectivity index (χ3n) is 3.07. The Labute approximate surface area is 111 Å². The fourth-order valence-electron chi connectivity index (χ4n) is 1.94. The lowest BCUT2D eigenvalue weighted by Crippen LogP contribution is -2.04.